The third-order valence-electron chi connectivity index (χ3n) is 3.79. The highest BCUT2D eigenvalue weighted by Gasteiger charge is 2.15. The molecule has 23 heavy (non-hydrogen) atoms. The molecule has 1 aromatic carbocycles. The zero-order valence-electron chi connectivity index (χ0n) is 13.1. The van der Waals surface area contributed by atoms with Crippen LogP contribution >= 0.6 is 11.6 Å². The van der Waals surface area contributed by atoms with Crippen molar-refractivity contribution < 1.29 is 4.52 Å². The number of hydrogen-bond donors (Lipinski definition) is 1. The average Bonchev–Trinajstić information content (AvgIpc) is 3.23. The molecule has 0 atom stereocenters. The standard InChI is InChI=1S/C16H20ClN5O/c1-18-16(22-9-2-3-10-22)19-8-7-14-20-15(21-23-14)12-5-4-6-13(17)11-12/h4-6,11H,2-3,7-10H2,1H3,(H,18,19). The third-order valence-corrected chi connectivity index (χ3v) is 4.03. The second-order valence-corrected chi connectivity index (χ2v) is 5.88. The van der Waals surface area contributed by atoms with Crippen molar-refractivity contribution in [3.05, 3.63) is 35.2 Å². The molecule has 0 unspecified atom stereocenters. The van der Waals surface area contributed by atoms with Crippen LogP contribution in [0.15, 0.2) is 33.8 Å². The summed E-state index contributed by atoms with van der Waals surface area (Å²) in [5, 5.41) is 8.01. The van der Waals surface area contributed by atoms with Gasteiger partial charge >= 0.3 is 0 Å². The van der Waals surface area contributed by atoms with Gasteiger partial charge in [-0.3, -0.25) is 4.99 Å². The Kier molecular flexibility index (Phi) is 5.12. The Morgan fingerprint density at radius 2 is 2.22 bits per heavy atom. The van der Waals surface area contributed by atoms with Crippen molar-refractivity contribution in [3.8, 4) is 11.4 Å². The van der Waals surface area contributed by atoms with Gasteiger partial charge in [-0.15, -0.1) is 0 Å². The van der Waals surface area contributed by atoms with E-state index in [2.05, 4.69) is 25.3 Å². The minimum Gasteiger partial charge on any atom is -0.356 e. The maximum atomic E-state index is 5.98. The minimum atomic E-state index is 0.562. The number of benzene rings is 1. The second kappa shape index (κ2) is 7.46. The van der Waals surface area contributed by atoms with Crippen LogP contribution < -0.4 is 5.32 Å². The maximum absolute atomic E-state index is 5.98. The van der Waals surface area contributed by atoms with Crippen molar-refractivity contribution in [1.82, 2.24) is 20.4 Å². The summed E-state index contributed by atoms with van der Waals surface area (Å²) in [6, 6.07) is 7.42. The Labute approximate surface area is 140 Å². The molecule has 0 spiro atoms. The van der Waals surface area contributed by atoms with Crippen LogP contribution in [0.4, 0.5) is 0 Å². The van der Waals surface area contributed by atoms with Crippen LogP contribution in [0.1, 0.15) is 18.7 Å². The molecule has 7 heteroatoms. The van der Waals surface area contributed by atoms with Gasteiger partial charge in [0.05, 0.1) is 0 Å². The van der Waals surface area contributed by atoms with Gasteiger partial charge in [-0.25, -0.2) is 0 Å². The normalized spacial score (nSPS) is 15.2. The Balaban J connectivity index is 1.55. The Morgan fingerprint density at radius 3 is 2.96 bits per heavy atom. The molecule has 1 N–H and O–H groups in total. The van der Waals surface area contributed by atoms with Crippen molar-refractivity contribution in [3.63, 3.8) is 0 Å². The number of guanidine groups is 1. The zero-order valence-corrected chi connectivity index (χ0v) is 13.9. The largest absolute Gasteiger partial charge is 0.356 e. The molecule has 2 heterocycles. The van der Waals surface area contributed by atoms with Crippen LogP contribution in [0, 0.1) is 0 Å². The van der Waals surface area contributed by atoms with E-state index in [-0.39, 0.29) is 0 Å². The van der Waals surface area contributed by atoms with E-state index >= 15 is 0 Å². The molecule has 1 fully saturated rings. The molecular weight excluding hydrogens is 314 g/mol. The first kappa shape index (κ1) is 15.8. The first-order valence-electron chi connectivity index (χ1n) is 7.80. The summed E-state index contributed by atoms with van der Waals surface area (Å²) in [5.41, 5.74) is 0.855. The first-order valence-corrected chi connectivity index (χ1v) is 8.18. The molecular formula is C16H20ClN5O. The molecule has 0 saturated carbocycles. The van der Waals surface area contributed by atoms with E-state index in [1.807, 2.05) is 31.3 Å². The minimum absolute atomic E-state index is 0.562. The van der Waals surface area contributed by atoms with Gasteiger partial charge in [0, 0.05) is 43.7 Å². The monoisotopic (exact) mass is 333 g/mol. The van der Waals surface area contributed by atoms with Gasteiger partial charge in [0.25, 0.3) is 0 Å². The lowest BCUT2D eigenvalue weighted by Crippen LogP contribution is -2.40. The number of nitrogens with one attached hydrogen (secondary N) is 1. The van der Waals surface area contributed by atoms with E-state index in [1.165, 1.54) is 12.8 Å². The molecule has 1 aromatic heterocycles. The number of likely N-dealkylation sites (tertiary alicyclic amines) is 1. The van der Waals surface area contributed by atoms with Gasteiger partial charge in [-0.2, -0.15) is 4.98 Å². The van der Waals surface area contributed by atoms with E-state index in [4.69, 9.17) is 16.1 Å². The predicted molar refractivity (Wildman–Crippen MR) is 90.6 cm³/mol. The van der Waals surface area contributed by atoms with Crippen LogP contribution in [-0.2, 0) is 6.42 Å². The van der Waals surface area contributed by atoms with Gasteiger partial charge in [-0.05, 0) is 25.0 Å². The lowest BCUT2D eigenvalue weighted by Gasteiger charge is -2.20. The number of hydrogen-bond acceptors (Lipinski definition) is 4. The molecule has 1 aliphatic heterocycles. The fourth-order valence-corrected chi connectivity index (χ4v) is 2.83. The second-order valence-electron chi connectivity index (χ2n) is 5.44. The summed E-state index contributed by atoms with van der Waals surface area (Å²) in [6.07, 6.45) is 3.11. The number of aliphatic imine (C=N–C) groups is 1. The van der Waals surface area contributed by atoms with Crippen molar-refractivity contribution in [2.75, 3.05) is 26.7 Å². The smallest absolute Gasteiger partial charge is 0.228 e. The van der Waals surface area contributed by atoms with E-state index < -0.39 is 0 Å². The van der Waals surface area contributed by atoms with Crippen molar-refractivity contribution in [1.29, 1.82) is 0 Å². The Morgan fingerprint density at radius 1 is 1.39 bits per heavy atom. The number of nitrogens with zero attached hydrogens (tertiary/aromatic N) is 4. The van der Waals surface area contributed by atoms with Crippen molar-refractivity contribution in [2.45, 2.75) is 19.3 Å². The maximum Gasteiger partial charge on any atom is 0.228 e. The van der Waals surface area contributed by atoms with E-state index in [0.717, 1.165) is 24.6 Å². The van der Waals surface area contributed by atoms with Crippen LogP contribution in [0.5, 0.6) is 0 Å². The van der Waals surface area contributed by atoms with Crippen LogP contribution in [-0.4, -0.2) is 47.7 Å². The molecule has 1 aliphatic rings. The van der Waals surface area contributed by atoms with Crippen LogP contribution in [0.2, 0.25) is 5.02 Å². The molecule has 0 amide bonds. The Bertz CT molecular complexity index is 679. The molecule has 0 aliphatic carbocycles. The molecule has 0 radical (unpaired) electrons. The molecule has 0 bridgehead atoms. The lowest BCUT2D eigenvalue weighted by molar-refractivity contribution is 0.377. The van der Waals surface area contributed by atoms with Crippen molar-refractivity contribution >= 4 is 17.6 Å². The summed E-state index contributed by atoms with van der Waals surface area (Å²) in [6.45, 7) is 2.85. The molecule has 6 nitrogen and oxygen atoms in total. The van der Waals surface area contributed by atoms with Crippen molar-refractivity contribution in [2.24, 2.45) is 4.99 Å². The highest BCUT2D eigenvalue weighted by atomic mass is 35.5. The highest BCUT2D eigenvalue weighted by molar-refractivity contribution is 6.30. The lowest BCUT2D eigenvalue weighted by atomic mass is 10.2. The molecule has 3 rings (SSSR count). The topological polar surface area (TPSA) is 66.5 Å². The van der Waals surface area contributed by atoms with Crippen LogP contribution in [0.3, 0.4) is 0 Å². The first-order chi connectivity index (χ1) is 11.3. The SMILES string of the molecule is CN=C(NCCc1nc(-c2cccc(Cl)c2)no1)N1CCCC1. The summed E-state index contributed by atoms with van der Waals surface area (Å²) in [4.78, 5) is 11.0. The molecule has 1 saturated heterocycles. The molecule has 122 valence electrons. The number of rotatable bonds is 4. The summed E-state index contributed by atoms with van der Waals surface area (Å²) in [7, 11) is 1.81. The number of aromatic nitrogens is 2. The summed E-state index contributed by atoms with van der Waals surface area (Å²) >= 11 is 5.98. The predicted octanol–water partition coefficient (Wildman–Crippen LogP) is 2.60. The van der Waals surface area contributed by atoms with E-state index in [0.29, 0.717) is 29.7 Å². The third kappa shape index (κ3) is 4.01. The summed E-state index contributed by atoms with van der Waals surface area (Å²) < 4.78 is 5.30. The Hall–Kier alpha value is -2.08. The quantitative estimate of drug-likeness (QED) is 0.688. The van der Waals surface area contributed by atoms with Gasteiger partial charge in [0.2, 0.25) is 11.7 Å². The number of halogens is 1. The van der Waals surface area contributed by atoms with Gasteiger partial charge < -0.3 is 14.7 Å². The van der Waals surface area contributed by atoms with E-state index in [9.17, 15) is 0 Å². The van der Waals surface area contributed by atoms with Crippen LogP contribution in [0.25, 0.3) is 11.4 Å². The highest BCUT2D eigenvalue weighted by Crippen LogP contribution is 2.19. The fraction of sp³-hybridized carbons (Fsp3) is 0.438. The van der Waals surface area contributed by atoms with E-state index in [1.54, 1.807) is 0 Å². The zero-order chi connectivity index (χ0) is 16.1. The fourth-order valence-electron chi connectivity index (χ4n) is 2.64. The van der Waals surface area contributed by atoms with Gasteiger partial charge in [0.1, 0.15) is 0 Å². The summed E-state index contributed by atoms with van der Waals surface area (Å²) in [5.74, 6) is 2.10. The van der Waals surface area contributed by atoms with Gasteiger partial charge in [-0.1, -0.05) is 28.9 Å². The van der Waals surface area contributed by atoms with Gasteiger partial charge in [0.15, 0.2) is 5.96 Å². The average molecular weight is 334 g/mol. The molecule has 2 aromatic rings.